The van der Waals surface area contributed by atoms with Crippen LogP contribution in [0.3, 0.4) is 0 Å². The van der Waals surface area contributed by atoms with Gasteiger partial charge in [-0.25, -0.2) is 0 Å². The van der Waals surface area contributed by atoms with Crippen molar-refractivity contribution in [3.8, 4) is 0 Å². The second kappa shape index (κ2) is 12.0. The Morgan fingerprint density at radius 3 is 2.21 bits per heavy atom. The third kappa shape index (κ3) is 9.96. The van der Waals surface area contributed by atoms with Gasteiger partial charge in [-0.15, -0.1) is 0 Å². The molecule has 0 spiro atoms. The summed E-state index contributed by atoms with van der Waals surface area (Å²) in [5.41, 5.74) is 3.17. The number of aryl methyl sites for hydroxylation is 3. The molecule has 0 aromatic heterocycles. The maximum Gasteiger partial charge on any atom is 0.309 e. The zero-order chi connectivity index (χ0) is 21.9. The number of hydrogen-bond donors (Lipinski definition) is 1. The third-order valence-electron chi connectivity index (χ3n) is 5.85. The smallest absolute Gasteiger partial charge is 0.309 e. The van der Waals surface area contributed by atoms with Crippen molar-refractivity contribution in [1.82, 2.24) is 0 Å². The minimum absolute atomic E-state index is 0.371. The van der Waals surface area contributed by atoms with E-state index in [2.05, 4.69) is 25.1 Å². The topological polar surface area (TPSA) is 63.6 Å². The molecule has 4 heteroatoms. The molecule has 0 heterocycles. The van der Waals surface area contributed by atoms with Crippen LogP contribution < -0.4 is 0 Å². The average Bonchev–Trinajstić information content (AvgIpc) is 2.62. The monoisotopic (exact) mass is 404 g/mol. The number of unbranched alkanes of at least 4 members (excludes halogenated alkanes) is 4. The van der Waals surface area contributed by atoms with Crippen LogP contribution in [0, 0.1) is 12.3 Å². The van der Waals surface area contributed by atoms with E-state index in [0.29, 0.717) is 6.47 Å². The van der Waals surface area contributed by atoms with Crippen LogP contribution in [0.1, 0.15) is 95.8 Å². The van der Waals surface area contributed by atoms with Gasteiger partial charge in [0.25, 0.3) is 6.47 Å². The summed E-state index contributed by atoms with van der Waals surface area (Å²) in [5.74, 6) is -0.703. The highest BCUT2D eigenvalue weighted by Gasteiger charge is 2.25. The maximum atomic E-state index is 11.1. The molecule has 1 rings (SSSR count). The van der Waals surface area contributed by atoms with E-state index in [-0.39, 0.29) is 5.60 Å². The van der Waals surface area contributed by atoms with E-state index in [1.165, 1.54) is 16.7 Å². The Morgan fingerprint density at radius 1 is 0.966 bits per heavy atom. The molecule has 0 radical (unpaired) electrons. The highest BCUT2D eigenvalue weighted by molar-refractivity contribution is 5.73. The van der Waals surface area contributed by atoms with E-state index in [1.54, 1.807) is 13.8 Å². The van der Waals surface area contributed by atoms with Crippen LogP contribution in [0.5, 0.6) is 0 Å². The van der Waals surface area contributed by atoms with Crippen LogP contribution in [-0.4, -0.2) is 23.1 Å². The Labute approximate surface area is 177 Å². The van der Waals surface area contributed by atoms with Crippen molar-refractivity contribution in [3.05, 3.63) is 34.9 Å². The van der Waals surface area contributed by atoms with Gasteiger partial charge in [0.05, 0.1) is 5.41 Å². The Bertz CT molecular complexity index is 646. The van der Waals surface area contributed by atoms with Gasteiger partial charge in [0.1, 0.15) is 5.60 Å². The Balaban J connectivity index is 2.29. The third-order valence-corrected chi connectivity index (χ3v) is 5.85. The van der Waals surface area contributed by atoms with Crippen molar-refractivity contribution in [2.24, 2.45) is 5.41 Å². The summed E-state index contributed by atoms with van der Waals surface area (Å²) in [7, 11) is 0. The van der Waals surface area contributed by atoms with Crippen LogP contribution in [0.4, 0.5) is 0 Å². The lowest BCUT2D eigenvalue weighted by atomic mass is 9.87. The average molecular weight is 405 g/mol. The summed E-state index contributed by atoms with van der Waals surface area (Å²) in [6.45, 7) is 10.2. The SMILES string of the molecule is Cc1cc(CCCCCCC(C)(C)C(=O)O)ccc1CCCCC(C)(C)OC=O. The summed E-state index contributed by atoms with van der Waals surface area (Å²) in [4.78, 5) is 21.6. The fraction of sp³-hybridized carbons (Fsp3) is 0.680. The van der Waals surface area contributed by atoms with E-state index in [9.17, 15) is 9.59 Å². The molecule has 0 aliphatic carbocycles. The highest BCUT2D eigenvalue weighted by Crippen LogP contribution is 2.24. The molecule has 0 unspecified atom stereocenters. The van der Waals surface area contributed by atoms with Crippen LogP contribution in [0.25, 0.3) is 0 Å². The van der Waals surface area contributed by atoms with Gasteiger partial charge in [0, 0.05) is 0 Å². The second-order valence-corrected chi connectivity index (χ2v) is 9.54. The van der Waals surface area contributed by atoms with Gasteiger partial charge in [-0.3, -0.25) is 9.59 Å². The maximum absolute atomic E-state index is 11.1. The van der Waals surface area contributed by atoms with E-state index in [4.69, 9.17) is 9.84 Å². The molecule has 0 fully saturated rings. The molecule has 1 N–H and O–H groups in total. The van der Waals surface area contributed by atoms with Gasteiger partial charge in [-0.2, -0.15) is 0 Å². The first kappa shape index (κ1) is 25.2. The minimum atomic E-state index is -0.703. The van der Waals surface area contributed by atoms with Crippen LogP contribution >= 0.6 is 0 Å². The number of hydrogen-bond acceptors (Lipinski definition) is 3. The van der Waals surface area contributed by atoms with Crippen LogP contribution in [-0.2, 0) is 27.2 Å². The number of rotatable bonds is 15. The molecular weight excluding hydrogens is 364 g/mol. The highest BCUT2D eigenvalue weighted by atomic mass is 16.5. The first-order valence-corrected chi connectivity index (χ1v) is 11.0. The number of ether oxygens (including phenoxy) is 1. The van der Waals surface area contributed by atoms with Crippen molar-refractivity contribution in [3.63, 3.8) is 0 Å². The predicted molar refractivity (Wildman–Crippen MR) is 118 cm³/mol. The number of carboxylic acids is 1. The van der Waals surface area contributed by atoms with Crippen molar-refractivity contribution < 1.29 is 19.4 Å². The molecule has 4 nitrogen and oxygen atoms in total. The number of carbonyl (C=O) groups excluding carboxylic acids is 1. The molecule has 0 amide bonds. The number of carboxylic acid groups (broad SMARTS) is 1. The fourth-order valence-corrected chi connectivity index (χ4v) is 3.61. The largest absolute Gasteiger partial charge is 0.481 e. The molecule has 164 valence electrons. The standard InChI is InChI=1S/C25H40O4/c1-20-18-21(12-8-6-7-10-16-24(2,3)23(27)28)14-15-22(20)13-9-11-17-25(4,5)29-19-26/h14-15,18-19H,6-13,16-17H2,1-5H3,(H,27,28). The summed E-state index contributed by atoms with van der Waals surface area (Å²) in [6.07, 6.45) is 10.3. The normalized spacial score (nSPS) is 12.0. The lowest BCUT2D eigenvalue weighted by Crippen LogP contribution is -2.23. The Hall–Kier alpha value is -1.84. The van der Waals surface area contributed by atoms with Crippen molar-refractivity contribution in [1.29, 1.82) is 0 Å². The van der Waals surface area contributed by atoms with Gasteiger partial charge in [-0.1, -0.05) is 37.5 Å². The van der Waals surface area contributed by atoms with E-state index >= 15 is 0 Å². The molecule has 0 bridgehead atoms. The van der Waals surface area contributed by atoms with Gasteiger partial charge in [0.15, 0.2) is 0 Å². The molecule has 0 aliphatic rings. The molecule has 0 aliphatic heterocycles. The van der Waals surface area contributed by atoms with E-state index < -0.39 is 11.4 Å². The molecule has 0 saturated carbocycles. The molecule has 1 aromatic carbocycles. The van der Waals surface area contributed by atoms with Crippen LogP contribution in [0.15, 0.2) is 18.2 Å². The van der Waals surface area contributed by atoms with Gasteiger partial charge < -0.3 is 9.84 Å². The quantitative estimate of drug-likeness (QED) is 0.277. The minimum Gasteiger partial charge on any atom is -0.481 e. The fourth-order valence-electron chi connectivity index (χ4n) is 3.61. The molecule has 29 heavy (non-hydrogen) atoms. The first-order chi connectivity index (χ1) is 13.6. The Morgan fingerprint density at radius 2 is 1.59 bits per heavy atom. The summed E-state index contributed by atoms with van der Waals surface area (Å²) < 4.78 is 5.10. The molecule has 0 atom stereocenters. The van der Waals surface area contributed by atoms with Crippen molar-refractivity contribution >= 4 is 12.4 Å². The molecular formula is C25H40O4. The Kier molecular flexibility index (Phi) is 10.4. The van der Waals surface area contributed by atoms with Gasteiger partial charge >= 0.3 is 5.97 Å². The summed E-state index contributed by atoms with van der Waals surface area (Å²) in [6, 6.07) is 6.81. The summed E-state index contributed by atoms with van der Waals surface area (Å²) in [5, 5.41) is 9.15. The zero-order valence-electron chi connectivity index (χ0n) is 19.1. The number of carbonyl (C=O) groups is 2. The van der Waals surface area contributed by atoms with Gasteiger partial charge in [-0.05, 0) is 96.3 Å². The predicted octanol–water partition coefficient (Wildman–Crippen LogP) is 6.26. The first-order valence-electron chi connectivity index (χ1n) is 11.0. The van der Waals surface area contributed by atoms with E-state index in [1.807, 2.05) is 13.8 Å². The zero-order valence-corrected chi connectivity index (χ0v) is 19.1. The lowest BCUT2D eigenvalue weighted by Gasteiger charge is -2.22. The van der Waals surface area contributed by atoms with Crippen molar-refractivity contribution in [2.75, 3.05) is 0 Å². The lowest BCUT2D eigenvalue weighted by molar-refractivity contribution is -0.147. The number of aliphatic carboxylic acids is 1. The molecule has 0 saturated heterocycles. The van der Waals surface area contributed by atoms with Crippen molar-refractivity contribution in [2.45, 2.75) is 104 Å². The van der Waals surface area contributed by atoms with E-state index in [0.717, 1.165) is 64.2 Å². The summed E-state index contributed by atoms with van der Waals surface area (Å²) >= 11 is 0. The molecule has 1 aromatic rings. The van der Waals surface area contributed by atoms with Gasteiger partial charge in [0.2, 0.25) is 0 Å². The van der Waals surface area contributed by atoms with Crippen LogP contribution in [0.2, 0.25) is 0 Å². The second-order valence-electron chi connectivity index (χ2n) is 9.54. The number of benzene rings is 1.